The van der Waals surface area contributed by atoms with Crippen molar-refractivity contribution in [2.75, 3.05) is 26.2 Å². The third-order valence-electron chi connectivity index (χ3n) is 3.34. The molecule has 1 aliphatic heterocycles. The molecule has 0 aromatic heterocycles. The first kappa shape index (κ1) is 15.9. The van der Waals surface area contributed by atoms with Crippen molar-refractivity contribution in [2.45, 2.75) is 6.42 Å². The SMILES string of the molecule is NC(=O)N1CCCN(C(=O)c2cc(F)c(Cl)cc2Cl)CC1. The number of carbonyl (C=O) groups is 2. The van der Waals surface area contributed by atoms with Crippen LogP contribution in [0.3, 0.4) is 0 Å². The molecule has 1 aromatic rings. The fraction of sp³-hybridized carbons (Fsp3) is 0.385. The first-order valence-corrected chi connectivity index (χ1v) is 7.14. The number of benzene rings is 1. The third-order valence-corrected chi connectivity index (χ3v) is 3.94. The molecule has 2 N–H and O–H groups in total. The second kappa shape index (κ2) is 6.49. The molecule has 0 radical (unpaired) electrons. The number of urea groups is 1. The van der Waals surface area contributed by atoms with Crippen molar-refractivity contribution < 1.29 is 14.0 Å². The van der Waals surface area contributed by atoms with Crippen LogP contribution in [0.15, 0.2) is 12.1 Å². The van der Waals surface area contributed by atoms with Crippen molar-refractivity contribution in [1.29, 1.82) is 0 Å². The van der Waals surface area contributed by atoms with Crippen molar-refractivity contribution in [2.24, 2.45) is 5.73 Å². The minimum Gasteiger partial charge on any atom is -0.351 e. The van der Waals surface area contributed by atoms with E-state index in [1.165, 1.54) is 15.9 Å². The zero-order valence-electron chi connectivity index (χ0n) is 11.1. The highest BCUT2D eigenvalue weighted by molar-refractivity contribution is 6.36. The Labute approximate surface area is 131 Å². The highest BCUT2D eigenvalue weighted by atomic mass is 35.5. The van der Waals surface area contributed by atoms with E-state index in [9.17, 15) is 14.0 Å². The summed E-state index contributed by atoms with van der Waals surface area (Å²) in [4.78, 5) is 26.6. The van der Waals surface area contributed by atoms with Gasteiger partial charge in [-0.2, -0.15) is 0 Å². The molecule has 5 nitrogen and oxygen atoms in total. The minimum absolute atomic E-state index is 0.0612. The number of nitrogens with zero attached hydrogens (tertiary/aromatic N) is 2. The molecular formula is C13H14Cl2FN3O2. The first-order valence-electron chi connectivity index (χ1n) is 6.38. The molecule has 0 saturated carbocycles. The maximum absolute atomic E-state index is 13.5. The number of primary amides is 1. The molecule has 0 aliphatic carbocycles. The van der Waals surface area contributed by atoms with Gasteiger partial charge in [-0.15, -0.1) is 0 Å². The zero-order chi connectivity index (χ0) is 15.6. The number of nitrogens with two attached hydrogens (primary N) is 1. The number of hydrogen-bond donors (Lipinski definition) is 1. The summed E-state index contributed by atoms with van der Waals surface area (Å²) < 4.78 is 13.5. The predicted molar refractivity (Wildman–Crippen MR) is 78.1 cm³/mol. The zero-order valence-corrected chi connectivity index (χ0v) is 12.6. The number of rotatable bonds is 1. The van der Waals surface area contributed by atoms with Gasteiger partial charge in [0, 0.05) is 26.2 Å². The van der Waals surface area contributed by atoms with E-state index in [0.29, 0.717) is 32.6 Å². The second-order valence-corrected chi connectivity index (χ2v) is 5.53. The molecule has 0 spiro atoms. The molecule has 2 rings (SSSR count). The van der Waals surface area contributed by atoms with Crippen LogP contribution in [0, 0.1) is 5.82 Å². The lowest BCUT2D eigenvalue weighted by Gasteiger charge is -2.21. The van der Waals surface area contributed by atoms with Crippen molar-refractivity contribution in [3.05, 3.63) is 33.6 Å². The van der Waals surface area contributed by atoms with E-state index in [1.54, 1.807) is 0 Å². The molecule has 1 fully saturated rings. The van der Waals surface area contributed by atoms with Crippen molar-refractivity contribution in [3.63, 3.8) is 0 Å². The van der Waals surface area contributed by atoms with Crippen LogP contribution in [0.5, 0.6) is 0 Å². The topological polar surface area (TPSA) is 66.6 Å². The summed E-state index contributed by atoms with van der Waals surface area (Å²) in [5, 5.41) is -0.0327. The maximum Gasteiger partial charge on any atom is 0.314 e. The average Bonchev–Trinajstić information content (AvgIpc) is 2.68. The second-order valence-electron chi connectivity index (χ2n) is 4.72. The summed E-state index contributed by atoms with van der Waals surface area (Å²) in [5.41, 5.74) is 5.29. The number of amides is 3. The van der Waals surface area contributed by atoms with Crippen molar-refractivity contribution >= 4 is 35.1 Å². The Morgan fingerprint density at radius 3 is 2.33 bits per heavy atom. The third kappa shape index (κ3) is 3.57. The van der Waals surface area contributed by atoms with Crippen molar-refractivity contribution in [3.8, 4) is 0 Å². The summed E-state index contributed by atoms with van der Waals surface area (Å²) in [7, 11) is 0. The van der Waals surface area contributed by atoms with Gasteiger partial charge in [0.15, 0.2) is 0 Å². The van der Waals surface area contributed by atoms with Crippen LogP contribution in [0.2, 0.25) is 10.0 Å². The van der Waals surface area contributed by atoms with Gasteiger partial charge in [0.05, 0.1) is 15.6 Å². The molecule has 0 bridgehead atoms. The fourth-order valence-corrected chi connectivity index (χ4v) is 2.66. The molecular weight excluding hydrogens is 320 g/mol. The summed E-state index contributed by atoms with van der Waals surface area (Å²) in [6.45, 7) is 1.60. The van der Waals surface area contributed by atoms with Gasteiger partial charge in [-0.1, -0.05) is 23.2 Å². The quantitative estimate of drug-likeness (QED) is 0.801. The summed E-state index contributed by atoms with van der Waals surface area (Å²) in [6.07, 6.45) is 0.600. The molecule has 1 heterocycles. The number of halogens is 3. The maximum atomic E-state index is 13.5. The van der Waals surface area contributed by atoms with Crippen LogP contribution in [0.4, 0.5) is 9.18 Å². The standard InChI is InChI=1S/C13H14Cl2FN3O2/c14-9-7-10(15)11(16)6-8(9)12(20)18-2-1-3-19(5-4-18)13(17)21/h6-7H,1-5H2,(H2,17,21). The van der Waals surface area contributed by atoms with Crippen LogP contribution in [-0.2, 0) is 0 Å². The summed E-state index contributed by atoms with van der Waals surface area (Å²) in [5.74, 6) is -1.08. The van der Waals surface area contributed by atoms with Gasteiger partial charge in [0.2, 0.25) is 0 Å². The van der Waals surface area contributed by atoms with Crippen LogP contribution in [0.25, 0.3) is 0 Å². The summed E-state index contributed by atoms with van der Waals surface area (Å²) in [6, 6.07) is 1.73. The lowest BCUT2D eigenvalue weighted by molar-refractivity contribution is 0.0762. The van der Waals surface area contributed by atoms with Gasteiger partial charge in [-0.3, -0.25) is 4.79 Å². The number of carbonyl (C=O) groups excluding carboxylic acids is 2. The largest absolute Gasteiger partial charge is 0.351 e. The first-order chi connectivity index (χ1) is 9.90. The Morgan fingerprint density at radius 1 is 1.05 bits per heavy atom. The molecule has 1 aliphatic rings. The van der Waals surface area contributed by atoms with Gasteiger partial charge in [-0.25, -0.2) is 9.18 Å². The Kier molecular flexibility index (Phi) is 4.90. The molecule has 8 heteroatoms. The summed E-state index contributed by atoms with van der Waals surface area (Å²) >= 11 is 11.6. The molecule has 114 valence electrons. The van der Waals surface area contributed by atoms with E-state index >= 15 is 0 Å². The van der Waals surface area contributed by atoms with Crippen LogP contribution in [0.1, 0.15) is 16.8 Å². The normalized spacial score (nSPS) is 15.8. The van der Waals surface area contributed by atoms with Crippen LogP contribution < -0.4 is 5.73 Å². The Hall–Kier alpha value is -1.53. The van der Waals surface area contributed by atoms with Gasteiger partial charge in [-0.05, 0) is 18.6 Å². The lowest BCUT2D eigenvalue weighted by Crippen LogP contribution is -2.39. The average molecular weight is 334 g/mol. The Balaban J connectivity index is 2.17. The monoisotopic (exact) mass is 333 g/mol. The van der Waals surface area contributed by atoms with Crippen molar-refractivity contribution in [1.82, 2.24) is 9.80 Å². The highest BCUT2D eigenvalue weighted by Gasteiger charge is 2.24. The minimum atomic E-state index is -0.696. The molecule has 0 unspecified atom stereocenters. The molecule has 0 atom stereocenters. The highest BCUT2D eigenvalue weighted by Crippen LogP contribution is 2.25. The molecule has 3 amide bonds. The van der Waals surface area contributed by atoms with E-state index in [4.69, 9.17) is 28.9 Å². The van der Waals surface area contributed by atoms with E-state index in [0.717, 1.165) is 6.07 Å². The Morgan fingerprint density at radius 2 is 1.67 bits per heavy atom. The fourth-order valence-electron chi connectivity index (χ4n) is 2.20. The van der Waals surface area contributed by atoms with Gasteiger partial charge in [0.25, 0.3) is 5.91 Å². The predicted octanol–water partition coefficient (Wildman–Crippen LogP) is 2.36. The van der Waals surface area contributed by atoms with Crippen LogP contribution >= 0.6 is 23.2 Å². The lowest BCUT2D eigenvalue weighted by atomic mass is 10.2. The van der Waals surface area contributed by atoms with E-state index < -0.39 is 11.8 Å². The molecule has 1 saturated heterocycles. The molecule has 21 heavy (non-hydrogen) atoms. The van der Waals surface area contributed by atoms with E-state index in [-0.39, 0.29) is 21.5 Å². The van der Waals surface area contributed by atoms with E-state index in [1.807, 2.05) is 0 Å². The van der Waals surface area contributed by atoms with Gasteiger partial charge < -0.3 is 15.5 Å². The van der Waals surface area contributed by atoms with E-state index in [2.05, 4.69) is 0 Å². The van der Waals surface area contributed by atoms with Gasteiger partial charge >= 0.3 is 6.03 Å². The molecule has 1 aromatic carbocycles. The van der Waals surface area contributed by atoms with Gasteiger partial charge in [0.1, 0.15) is 5.82 Å². The van der Waals surface area contributed by atoms with Crippen LogP contribution in [-0.4, -0.2) is 47.9 Å². The smallest absolute Gasteiger partial charge is 0.314 e. The Bertz CT molecular complexity index is 583. The number of hydrogen-bond acceptors (Lipinski definition) is 2.